The van der Waals surface area contributed by atoms with Crippen LogP contribution in [0.4, 0.5) is 0 Å². The van der Waals surface area contributed by atoms with E-state index in [1.54, 1.807) is 11.8 Å². The van der Waals surface area contributed by atoms with Crippen LogP contribution >= 0.6 is 11.8 Å². The second kappa shape index (κ2) is 7.58. The first-order valence-corrected chi connectivity index (χ1v) is 9.34. The highest BCUT2D eigenvalue weighted by Crippen LogP contribution is 2.23. The molecule has 2 aromatic heterocycles. The van der Waals surface area contributed by atoms with Gasteiger partial charge < -0.3 is 9.09 Å². The average molecular weight is 362 g/mol. The van der Waals surface area contributed by atoms with Crippen molar-refractivity contribution in [2.24, 2.45) is 0 Å². The predicted octanol–water partition coefficient (Wildman–Crippen LogP) is 4.58. The molecule has 2 aromatic carbocycles. The summed E-state index contributed by atoms with van der Waals surface area (Å²) in [5.74, 6) is 1.83. The lowest BCUT2D eigenvalue weighted by atomic mass is 10.1. The Balaban J connectivity index is 1.42. The van der Waals surface area contributed by atoms with E-state index in [2.05, 4.69) is 38.7 Å². The molecule has 130 valence electrons. The van der Waals surface area contributed by atoms with Crippen molar-refractivity contribution >= 4 is 11.8 Å². The van der Waals surface area contributed by atoms with Gasteiger partial charge in [0.05, 0.1) is 5.75 Å². The maximum atomic E-state index is 5.38. The van der Waals surface area contributed by atoms with Gasteiger partial charge in [-0.15, -0.1) is 0 Å². The number of benzene rings is 2. The summed E-state index contributed by atoms with van der Waals surface area (Å²) in [5.41, 5.74) is 3.38. The Morgan fingerprint density at radius 2 is 1.85 bits per heavy atom. The number of aryl methyl sites for hydroxylation is 1. The van der Waals surface area contributed by atoms with Gasteiger partial charge in [-0.1, -0.05) is 64.9 Å². The van der Waals surface area contributed by atoms with Gasteiger partial charge in [0, 0.05) is 24.5 Å². The van der Waals surface area contributed by atoms with Crippen molar-refractivity contribution in [1.82, 2.24) is 19.7 Å². The molecule has 6 heteroatoms. The van der Waals surface area contributed by atoms with E-state index < -0.39 is 0 Å². The first kappa shape index (κ1) is 16.6. The van der Waals surface area contributed by atoms with Crippen molar-refractivity contribution in [2.75, 3.05) is 0 Å². The predicted molar refractivity (Wildman–Crippen MR) is 102 cm³/mol. The summed E-state index contributed by atoms with van der Waals surface area (Å²) in [6.45, 7) is 2.85. The van der Waals surface area contributed by atoms with Crippen LogP contribution in [0.25, 0.3) is 11.5 Å². The molecule has 0 aliphatic rings. The van der Waals surface area contributed by atoms with E-state index >= 15 is 0 Å². The highest BCUT2D eigenvalue weighted by molar-refractivity contribution is 7.98. The van der Waals surface area contributed by atoms with Gasteiger partial charge in [0.1, 0.15) is 0 Å². The van der Waals surface area contributed by atoms with Gasteiger partial charge in [-0.3, -0.25) is 0 Å². The number of thioether (sulfide) groups is 1. The van der Waals surface area contributed by atoms with Crippen LogP contribution in [-0.2, 0) is 12.3 Å². The number of hydrogen-bond donors (Lipinski definition) is 0. The lowest BCUT2D eigenvalue weighted by Crippen LogP contribution is -2.00. The normalized spacial score (nSPS) is 11.0. The summed E-state index contributed by atoms with van der Waals surface area (Å²) in [4.78, 5) is 8.93. The molecule has 2 heterocycles. The highest BCUT2D eigenvalue weighted by atomic mass is 32.2. The molecule has 4 rings (SSSR count). The Kier molecular flexibility index (Phi) is 4.84. The molecular weight excluding hydrogens is 344 g/mol. The second-order valence-corrected chi connectivity index (χ2v) is 6.94. The summed E-state index contributed by atoms with van der Waals surface area (Å²) in [6.07, 6.45) is 3.81. The number of imidazole rings is 1. The number of aromatic nitrogens is 4. The maximum absolute atomic E-state index is 5.38. The summed E-state index contributed by atoms with van der Waals surface area (Å²) in [5, 5.41) is 5.02. The van der Waals surface area contributed by atoms with Gasteiger partial charge in [0.25, 0.3) is 5.89 Å². The average Bonchev–Trinajstić information content (AvgIpc) is 3.31. The molecule has 4 aromatic rings. The smallest absolute Gasteiger partial charge is 0.257 e. The first-order chi connectivity index (χ1) is 12.8. The lowest BCUT2D eigenvalue weighted by molar-refractivity contribution is 0.425. The van der Waals surface area contributed by atoms with Crippen molar-refractivity contribution in [3.8, 4) is 11.5 Å². The van der Waals surface area contributed by atoms with Gasteiger partial charge in [-0.2, -0.15) is 4.98 Å². The van der Waals surface area contributed by atoms with Gasteiger partial charge in [-0.05, 0) is 24.6 Å². The van der Waals surface area contributed by atoms with E-state index in [1.165, 1.54) is 11.1 Å². The molecule has 0 saturated carbocycles. The first-order valence-electron chi connectivity index (χ1n) is 8.35. The third kappa shape index (κ3) is 3.86. The Bertz CT molecular complexity index is 976. The Labute approximate surface area is 156 Å². The van der Waals surface area contributed by atoms with Crippen LogP contribution in [0.5, 0.6) is 0 Å². The van der Waals surface area contributed by atoms with Crippen LogP contribution in [0, 0.1) is 6.92 Å². The van der Waals surface area contributed by atoms with Crippen LogP contribution in [-0.4, -0.2) is 19.7 Å². The van der Waals surface area contributed by atoms with Crippen molar-refractivity contribution in [1.29, 1.82) is 0 Å². The molecule has 0 fully saturated rings. The minimum absolute atomic E-state index is 0.549. The van der Waals surface area contributed by atoms with Crippen LogP contribution < -0.4 is 0 Å². The van der Waals surface area contributed by atoms with Gasteiger partial charge in [0.2, 0.25) is 0 Å². The van der Waals surface area contributed by atoms with Crippen molar-refractivity contribution in [3.05, 3.63) is 83.9 Å². The van der Waals surface area contributed by atoms with E-state index in [0.717, 1.165) is 17.3 Å². The van der Waals surface area contributed by atoms with E-state index in [0.29, 0.717) is 17.5 Å². The topological polar surface area (TPSA) is 56.7 Å². The zero-order valence-electron chi connectivity index (χ0n) is 14.4. The molecular formula is C20H18N4OS. The molecule has 0 aliphatic heterocycles. The molecule has 0 unspecified atom stereocenters. The molecule has 0 amide bonds. The Hall–Kier alpha value is -2.86. The van der Waals surface area contributed by atoms with Crippen molar-refractivity contribution in [2.45, 2.75) is 24.4 Å². The van der Waals surface area contributed by atoms with Gasteiger partial charge >= 0.3 is 0 Å². The maximum Gasteiger partial charge on any atom is 0.257 e. The lowest BCUT2D eigenvalue weighted by Gasteiger charge is -2.06. The largest absolute Gasteiger partial charge is 0.334 e. The van der Waals surface area contributed by atoms with Crippen LogP contribution in [0.2, 0.25) is 0 Å². The van der Waals surface area contributed by atoms with E-state index in [-0.39, 0.29) is 0 Å². The Morgan fingerprint density at radius 3 is 2.65 bits per heavy atom. The second-order valence-electron chi connectivity index (χ2n) is 5.99. The fourth-order valence-corrected chi connectivity index (χ4v) is 3.39. The van der Waals surface area contributed by atoms with E-state index in [9.17, 15) is 0 Å². The third-order valence-corrected chi connectivity index (χ3v) is 4.97. The molecule has 0 bridgehead atoms. The van der Waals surface area contributed by atoms with Crippen molar-refractivity contribution in [3.63, 3.8) is 0 Å². The molecule has 0 saturated heterocycles. The minimum Gasteiger partial charge on any atom is -0.334 e. The fraction of sp³-hybridized carbons (Fsp3) is 0.150. The van der Waals surface area contributed by atoms with Gasteiger partial charge in [0.15, 0.2) is 11.0 Å². The number of nitrogens with zero attached hydrogens (tertiary/aromatic N) is 4. The molecule has 26 heavy (non-hydrogen) atoms. The third-order valence-electron chi connectivity index (χ3n) is 3.97. The standard InChI is InChI=1S/C20H18N4OS/c1-15-7-9-17(10-8-15)19-22-18(23-25-19)14-26-20-21-11-12-24(20)13-16-5-3-2-4-6-16/h2-12H,13-14H2,1H3. The van der Waals surface area contributed by atoms with Gasteiger partial charge in [-0.25, -0.2) is 4.98 Å². The number of rotatable bonds is 6. The zero-order chi connectivity index (χ0) is 17.8. The SMILES string of the molecule is Cc1ccc(-c2nc(CSc3nccn3Cc3ccccc3)no2)cc1. The van der Waals surface area contributed by atoms with Crippen LogP contribution in [0.3, 0.4) is 0 Å². The zero-order valence-corrected chi connectivity index (χ0v) is 15.2. The summed E-state index contributed by atoms with van der Waals surface area (Å²) >= 11 is 1.60. The molecule has 0 N–H and O–H groups in total. The van der Waals surface area contributed by atoms with Crippen LogP contribution in [0.15, 0.2) is 76.7 Å². The monoisotopic (exact) mass is 362 g/mol. The molecule has 0 aliphatic carbocycles. The fourth-order valence-electron chi connectivity index (χ4n) is 2.59. The van der Waals surface area contributed by atoms with E-state index in [1.807, 2.05) is 54.9 Å². The Morgan fingerprint density at radius 1 is 1.04 bits per heavy atom. The number of hydrogen-bond acceptors (Lipinski definition) is 5. The highest BCUT2D eigenvalue weighted by Gasteiger charge is 2.11. The summed E-state index contributed by atoms with van der Waals surface area (Å²) < 4.78 is 7.51. The molecule has 5 nitrogen and oxygen atoms in total. The quantitative estimate of drug-likeness (QED) is 0.470. The molecule has 0 atom stereocenters. The molecule has 0 radical (unpaired) electrons. The van der Waals surface area contributed by atoms with Crippen LogP contribution in [0.1, 0.15) is 17.0 Å². The van der Waals surface area contributed by atoms with Crippen molar-refractivity contribution < 1.29 is 4.52 Å². The van der Waals surface area contributed by atoms with E-state index in [4.69, 9.17) is 4.52 Å². The summed E-state index contributed by atoms with van der Waals surface area (Å²) in [6, 6.07) is 18.4. The summed E-state index contributed by atoms with van der Waals surface area (Å²) in [7, 11) is 0. The minimum atomic E-state index is 0.549. The molecule has 0 spiro atoms.